The molecular formula is C19H28O3. The lowest BCUT2D eigenvalue weighted by Crippen LogP contribution is -2.34. The highest BCUT2D eigenvalue weighted by atomic mass is 16.5. The molecule has 3 nitrogen and oxygen atoms in total. The monoisotopic (exact) mass is 304 g/mol. The second-order valence-corrected chi connectivity index (χ2v) is 6.24. The van der Waals surface area contributed by atoms with Crippen LogP contribution in [-0.2, 0) is 4.79 Å². The molecular weight excluding hydrogens is 276 g/mol. The Morgan fingerprint density at radius 3 is 2.32 bits per heavy atom. The van der Waals surface area contributed by atoms with Gasteiger partial charge in [-0.05, 0) is 58.1 Å². The molecule has 1 rings (SSSR count). The number of para-hydroxylation sites is 1. The molecule has 0 bridgehead atoms. The van der Waals surface area contributed by atoms with Crippen LogP contribution in [0.5, 0.6) is 5.75 Å². The Kier molecular flexibility index (Phi) is 6.82. The molecule has 0 aliphatic rings. The predicted octanol–water partition coefficient (Wildman–Crippen LogP) is 4.20. The third-order valence-corrected chi connectivity index (χ3v) is 4.22. The van der Waals surface area contributed by atoms with E-state index in [1.54, 1.807) is 6.92 Å². The summed E-state index contributed by atoms with van der Waals surface area (Å²) in [6.45, 7) is 11.5. The number of rotatable bonds is 6. The van der Waals surface area contributed by atoms with E-state index in [0.29, 0.717) is 5.75 Å². The Hall–Kier alpha value is -1.61. The number of ether oxygens (including phenoxy) is 1. The van der Waals surface area contributed by atoms with Crippen molar-refractivity contribution in [3.8, 4) is 5.75 Å². The van der Waals surface area contributed by atoms with E-state index in [2.05, 4.69) is 0 Å². The average Bonchev–Trinajstić information content (AvgIpc) is 2.49. The molecule has 122 valence electrons. The zero-order valence-electron chi connectivity index (χ0n) is 14.5. The Labute approximate surface area is 134 Å². The van der Waals surface area contributed by atoms with E-state index in [9.17, 15) is 9.90 Å². The average molecular weight is 304 g/mol. The normalized spacial score (nSPS) is 16.0. The second kappa shape index (κ2) is 8.14. The van der Waals surface area contributed by atoms with Crippen molar-refractivity contribution in [2.45, 2.75) is 54.1 Å². The number of hydrogen-bond acceptors (Lipinski definition) is 3. The summed E-state index contributed by atoms with van der Waals surface area (Å²) in [6.07, 6.45) is 2.09. The number of hydrogen-bond donors (Lipinski definition) is 1. The maximum absolute atomic E-state index is 12.3. The molecule has 0 spiro atoms. The van der Waals surface area contributed by atoms with Crippen LogP contribution < -0.4 is 4.74 Å². The molecule has 0 amide bonds. The summed E-state index contributed by atoms with van der Waals surface area (Å²) >= 11 is 0. The summed E-state index contributed by atoms with van der Waals surface area (Å²) in [5.41, 5.74) is 3.06. The smallest absolute Gasteiger partial charge is 0.316 e. The summed E-state index contributed by atoms with van der Waals surface area (Å²) in [5, 5.41) is 10.4. The minimum absolute atomic E-state index is 0.0108. The largest absolute Gasteiger partial charge is 0.426 e. The molecule has 0 radical (unpaired) electrons. The molecule has 0 heterocycles. The maximum Gasteiger partial charge on any atom is 0.316 e. The van der Waals surface area contributed by atoms with Gasteiger partial charge < -0.3 is 9.84 Å². The first-order chi connectivity index (χ1) is 10.3. The quantitative estimate of drug-likeness (QED) is 0.487. The minimum atomic E-state index is -0.716. The van der Waals surface area contributed by atoms with Crippen LogP contribution in [0.2, 0.25) is 0 Å². The van der Waals surface area contributed by atoms with E-state index < -0.39 is 12.0 Å². The highest BCUT2D eigenvalue weighted by Gasteiger charge is 2.29. The molecule has 1 aromatic carbocycles. The van der Waals surface area contributed by atoms with Crippen LogP contribution in [0.25, 0.3) is 0 Å². The molecule has 1 N–H and O–H groups in total. The fourth-order valence-corrected chi connectivity index (χ4v) is 2.53. The third-order valence-electron chi connectivity index (χ3n) is 4.22. The van der Waals surface area contributed by atoms with Crippen molar-refractivity contribution in [1.29, 1.82) is 0 Å². The summed E-state index contributed by atoms with van der Waals surface area (Å²) in [6, 6.07) is 5.76. The Morgan fingerprint density at radius 1 is 1.27 bits per heavy atom. The predicted molar refractivity (Wildman–Crippen MR) is 89.9 cm³/mol. The first kappa shape index (κ1) is 18.4. The van der Waals surface area contributed by atoms with Crippen LogP contribution in [0.1, 0.15) is 45.2 Å². The van der Waals surface area contributed by atoms with Gasteiger partial charge in [-0.1, -0.05) is 36.8 Å². The zero-order chi connectivity index (χ0) is 16.9. The van der Waals surface area contributed by atoms with E-state index in [4.69, 9.17) is 4.74 Å². The Morgan fingerprint density at radius 2 is 1.82 bits per heavy atom. The van der Waals surface area contributed by atoms with Crippen molar-refractivity contribution in [3.05, 3.63) is 41.0 Å². The molecule has 0 saturated heterocycles. The lowest BCUT2D eigenvalue weighted by Gasteiger charge is -2.24. The first-order valence-corrected chi connectivity index (χ1v) is 7.85. The molecule has 0 fully saturated rings. The highest BCUT2D eigenvalue weighted by Crippen LogP contribution is 2.26. The van der Waals surface area contributed by atoms with Crippen molar-refractivity contribution < 1.29 is 14.6 Å². The Balaban J connectivity index is 2.76. The van der Waals surface area contributed by atoms with Gasteiger partial charge >= 0.3 is 5.97 Å². The van der Waals surface area contributed by atoms with E-state index >= 15 is 0 Å². The van der Waals surface area contributed by atoms with Crippen LogP contribution in [0.3, 0.4) is 0 Å². The Bertz CT molecular complexity index is 525. The summed E-state index contributed by atoms with van der Waals surface area (Å²) < 4.78 is 5.53. The summed E-state index contributed by atoms with van der Waals surface area (Å²) in [4.78, 5) is 12.3. The number of aliphatic hydroxyl groups is 1. The van der Waals surface area contributed by atoms with E-state index in [1.165, 1.54) is 5.57 Å². The number of aliphatic hydroxyl groups excluding tert-OH is 1. The number of aryl methyl sites for hydroxylation is 2. The van der Waals surface area contributed by atoms with Gasteiger partial charge in [0, 0.05) is 0 Å². The summed E-state index contributed by atoms with van der Waals surface area (Å²) in [5.74, 6) is -0.325. The van der Waals surface area contributed by atoms with Gasteiger partial charge in [-0.25, -0.2) is 0 Å². The molecule has 1 aromatic rings. The third kappa shape index (κ3) is 4.70. The number of allylic oxidation sites excluding steroid dienone is 2. The second-order valence-electron chi connectivity index (χ2n) is 6.24. The molecule has 0 unspecified atom stereocenters. The molecule has 0 aliphatic carbocycles. The van der Waals surface area contributed by atoms with Gasteiger partial charge in [-0.15, -0.1) is 0 Å². The van der Waals surface area contributed by atoms with Crippen LogP contribution in [0.15, 0.2) is 29.8 Å². The van der Waals surface area contributed by atoms with Gasteiger partial charge in [-0.3, -0.25) is 4.79 Å². The topological polar surface area (TPSA) is 46.5 Å². The molecule has 3 heteroatoms. The lowest BCUT2D eigenvalue weighted by atomic mass is 9.89. The molecule has 0 saturated carbocycles. The molecule has 3 atom stereocenters. The molecule has 22 heavy (non-hydrogen) atoms. The van der Waals surface area contributed by atoms with E-state index in [1.807, 2.05) is 58.9 Å². The van der Waals surface area contributed by atoms with Gasteiger partial charge in [0.1, 0.15) is 5.75 Å². The number of carbonyl (C=O) groups is 1. The van der Waals surface area contributed by atoms with Crippen LogP contribution in [0, 0.1) is 25.7 Å². The standard InChI is InChI=1S/C19H28O3/c1-7-12(2)11-15(5)17(20)16(6)19(21)22-18-13(3)9-8-10-14(18)4/h7-10,15-17,20H,11H2,1-6H3/b12-7+/t15-,16-,17-/m1/s1. The number of benzene rings is 1. The number of carbonyl (C=O) groups excluding carboxylic acids is 1. The van der Waals surface area contributed by atoms with Crippen molar-refractivity contribution in [3.63, 3.8) is 0 Å². The number of esters is 1. The van der Waals surface area contributed by atoms with Crippen molar-refractivity contribution in [2.24, 2.45) is 11.8 Å². The van der Waals surface area contributed by atoms with Crippen LogP contribution in [0.4, 0.5) is 0 Å². The molecule has 0 aliphatic heterocycles. The molecule has 0 aromatic heterocycles. The van der Waals surface area contributed by atoms with Gasteiger partial charge in [0.2, 0.25) is 0 Å². The first-order valence-electron chi connectivity index (χ1n) is 7.85. The minimum Gasteiger partial charge on any atom is -0.426 e. The van der Waals surface area contributed by atoms with Crippen molar-refractivity contribution in [1.82, 2.24) is 0 Å². The van der Waals surface area contributed by atoms with Crippen LogP contribution >= 0.6 is 0 Å². The SMILES string of the molecule is C/C=C(\C)C[C@@H](C)[C@@H](O)[C@@H](C)C(=O)Oc1c(C)cccc1C. The van der Waals surface area contributed by atoms with Gasteiger partial charge in [-0.2, -0.15) is 0 Å². The van der Waals surface area contributed by atoms with Gasteiger partial charge in [0.05, 0.1) is 12.0 Å². The van der Waals surface area contributed by atoms with E-state index in [-0.39, 0.29) is 11.9 Å². The zero-order valence-corrected chi connectivity index (χ0v) is 14.5. The van der Waals surface area contributed by atoms with Crippen LogP contribution in [-0.4, -0.2) is 17.2 Å². The van der Waals surface area contributed by atoms with Crippen molar-refractivity contribution in [2.75, 3.05) is 0 Å². The van der Waals surface area contributed by atoms with Crippen molar-refractivity contribution >= 4 is 5.97 Å². The summed E-state index contributed by atoms with van der Waals surface area (Å²) in [7, 11) is 0. The highest BCUT2D eigenvalue weighted by molar-refractivity contribution is 5.76. The van der Waals surface area contributed by atoms with Gasteiger partial charge in [0.25, 0.3) is 0 Å². The fraction of sp³-hybridized carbons (Fsp3) is 0.526. The van der Waals surface area contributed by atoms with Gasteiger partial charge in [0.15, 0.2) is 0 Å². The maximum atomic E-state index is 12.3. The fourth-order valence-electron chi connectivity index (χ4n) is 2.53. The lowest BCUT2D eigenvalue weighted by molar-refractivity contribution is -0.143. The van der Waals surface area contributed by atoms with E-state index in [0.717, 1.165) is 17.5 Å².